The van der Waals surface area contributed by atoms with Crippen molar-refractivity contribution in [1.82, 2.24) is 13.7 Å². The maximum atomic E-state index is 2.64. The third-order valence-electron chi connectivity index (χ3n) is 20.4. The van der Waals surface area contributed by atoms with Crippen LogP contribution in [0.1, 0.15) is 0 Å². The van der Waals surface area contributed by atoms with Crippen molar-refractivity contribution in [2.45, 2.75) is 0 Å². The lowest BCUT2D eigenvalue weighted by Gasteiger charge is -2.45. The highest BCUT2D eigenvalue weighted by Crippen LogP contribution is 2.52. The first kappa shape index (κ1) is 54.0. The fourth-order valence-electron chi connectivity index (χ4n) is 16.3. The van der Waals surface area contributed by atoms with Gasteiger partial charge in [0.1, 0.15) is 0 Å². The van der Waals surface area contributed by atoms with Crippen molar-refractivity contribution in [2.24, 2.45) is 0 Å². The number of anilines is 6. The van der Waals surface area contributed by atoms with E-state index in [1.165, 1.54) is 76.4 Å². The number of hydrogen-bond acceptors (Lipinski definition) is 2. The predicted molar refractivity (Wildman–Crippen MR) is 405 cm³/mol. The van der Waals surface area contributed by atoms with Gasteiger partial charge in [-0.2, -0.15) is 0 Å². The average molecular weight is 1220 g/mol. The molecule has 0 amide bonds. The van der Waals surface area contributed by atoms with E-state index in [0.717, 1.165) is 101 Å². The first-order valence-electron chi connectivity index (χ1n) is 33.2. The van der Waals surface area contributed by atoms with Crippen molar-refractivity contribution in [3.63, 3.8) is 0 Å². The second kappa shape index (κ2) is 21.5. The maximum absolute atomic E-state index is 2.64. The van der Waals surface area contributed by atoms with E-state index in [1.54, 1.807) is 0 Å². The van der Waals surface area contributed by atoms with Crippen LogP contribution in [-0.4, -0.2) is 20.4 Å². The highest BCUT2D eigenvalue weighted by molar-refractivity contribution is 7.00. The zero-order valence-electron chi connectivity index (χ0n) is 52.3. The van der Waals surface area contributed by atoms with Crippen LogP contribution in [0.25, 0.3) is 127 Å². The molecule has 446 valence electrons. The molecule has 0 radical (unpaired) electrons. The third kappa shape index (κ3) is 8.12. The number of rotatable bonds is 9. The largest absolute Gasteiger partial charge is 0.311 e. The molecular formula is C90H58BN5. The maximum Gasteiger partial charge on any atom is 0.252 e. The van der Waals surface area contributed by atoms with E-state index in [1.807, 2.05) is 0 Å². The van der Waals surface area contributed by atoms with Gasteiger partial charge in [0.15, 0.2) is 0 Å². The zero-order chi connectivity index (χ0) is 63.0. The van der Waals surface area contributed by atoms with Gasteiger partial charge in [-0.25, -0.2) is 0 Å². The standard InChI is InChI=1S/C90H58BN5/c1-5-24-59(25-6-1)61-44-48-65(49-45-61)92-84-56-67(93-78-39-18-13-32-71(78)72-33-14-19-40-79(72)93)52-53-76(84)91-77-54-55-83-87(75-36-17-22-43-82(75)96(83)89-69(63-28-9-3-10-29-63)37-23-38-70(89)64-30-11-4-12-31-64)90(77)95(66-50-46-62(47-51-66)60-26-7-2-8-27-60)86-58-68(57-85(92)88(86)91)94-80-41-20-15-34-73(80)74-35-16-21-42-81(74)94/h1-58H. The first-order chi connectivity index (χ1) is 47.7. The summed E-state index contributed by atoms with van der Waals surface area (Å²) in [5, 5.41) is 7.25. The Hall–Kier alpha value is -12.6. The molecule has 20 rings (SSSR count). The Morgan fingerprint density at radius 2 is 0.573 bits per heavy atom. The van der Waals surface area contributed by atoms with Gasteiger partial charge in [-0.15, -0.1) is 0 Å². The van der Waals surface area contributed by atoms with Crippen LogP contribution in [0.4, 0.5) is 34.1 Å². The van der Waals surface area contributed by atoms with Crippen molar-refractivity contribution < 1.29 is 0 Å². The second-order valence-corrected chi connectivity index (χ2v) is 25.5. The molecule has 0 spiro atoms. The number of nitrogens with zero attached hydrogens (tertiary/aromatic N) is 5. The summed E-state index contributed by atoms with van der Waals surface area (Å²) in [5.41, 5.74) is 29.9. The lowest BCUT2D eigenvalue weighted by molar-refractivity contribution is 1.15. The van der Waals surface area contributed by atoms with Crippen LogP contribution in [0.15, 0.2) is 352 Å². The lowest BCUT2D eigenvalue weighted by Crippen LogP contribution is -2.61. The van der Waals surface area contributed by atoms with Gasteiger partial charge in [0.05, 0.1) is 50.2 Å². The first-order valence-corrected chi connectivity index (χ1v) is 33.2. The van der Waals surface area contributed by atoms with Crippen LogP contribution in [0.2, 0.25) is 0 Å². The van der Waals surface area contributed by atoms with E-state index in [9.17, 15) is 0 Å². The quantitative estimate of drug-likeness (QED) is 0.134. The molecule has 3 aromatic heterocycles. The van der Waals surface area contributed by atoms with Gasteiger partial charge in [-0.1, -0.05) is 267 Å². The van der Waals surface area contributed by atoms with Gasteiger partial charge in [-0.05, 0) is 135 Å². The summed E-state index contributed by atoms with van der Waals surface area (Å²) in [5.74, 6) is 0. The van der Waals surface area contributed by atoms with E-state index in [4.69, 9.17) is 0 Å². The number of aromatic nitrogens is 3. The Labute approximate surface area is 556 Å². The Morgan fingerprint density at radius 1 is 0.208 bits per heavy atom. The van der Waals surface area contributed by atoms with Crippen molar-refractivity contribution in [1.29, 1.82) is 0 Å². The van der Waals surface area contributed by atoms with Crippen LogP contribution >= 0.6 is 0 Å². The third-order valence-corrected chi connectivity index (χ3v) is 20.4. The van der Waals surface area contributed by atoms with E-state index >= 15 is 0 Å². The van der Waals surface area contributed by atoms with E-state index in [2.05, 4.69) is 375 Å². The normalized spacial score (nSPS) is 12.5. The summed E-state index contributed by atoms with van der Waals surface area (Å²) in [6.07, 6.45) is 0. The predicted octanol–water partition coefficient (Wildman–Crippen LogP) is 21.7. The Bertz CT molecular complexity index is 5970. The Morgan fingerprint density at radius 3 is 1.06 bits per heavy atom. The highest BCUT2D eigenvalue weighted by Gasteiger charge is 2.45. The number of hydrogen-bond donors (Lipinski definition) is 0. The van der Waals surface area contributed by atoms with Gasteiger partial charge < -0.3 is 23.5 Å². The summed E-state index contributed by atoms with van der Waals surface area (Å²) in [6, 6.07) is 131. The van der Waals surface area contributed by atoms with Crippen LogP contribution < -0.4 is 26.2 Å². The summed E-state index contributed by atoms with van der Waals surface area (Å²) < 4.78 is 7.57. The van der Waals surface area contributed by atoms with Gasteiger partial charge in [0.2, 0.25) is 0 Å². The number of benzene rings is 15. The second-order valence-electron chi connectivity index (χ2n) is 25.5. The van der Waals surface area contributed by atoms with Crippen LogP contribution in [-0.2, 0) is 0 Å². The molecule has 2 aliphatic rings. The Balaban J connectivity index is 0.941. The van der Waals surface area contributed by atoms with Crippen molar-refractivity contribution in [3.8, 4) is 61.6 Å². The minimum Gasteiger partial charge on any atom is -0.311 e. The molecule has 5 nitrogen and oxygen atoms in total. The highest BCUT2D eigenvalue weighted by atomic mass is 15.2. The summed E-state index contributed by atoms with van der Waals surface area (Å²) in [4.78, 5) is 5.23. The zero-order valence-corrected chi connectivity index (χ0v) is 52.3. The van der Waals surface area contributed by atoms with Gasteiger partial charge in [0, 0.05) is 77.6 Å². The molecule has 6 heteroatoms. The van der Waals surface area contributed by atoms with Gasteiger partial charge in [-0.3, -0.25) is 0 Å². The lowest BCUT2D eigenvalue weighted by atomic mass is 9.33. The summed E-state index contributed by atoms with van der Waals surface area (Å²) in [7, 11) is 0. The van der Waals surface area contributed by atoms with E-state index in [-0.39, 0.29) is 6.71 Å². The molecular weight excluding hydrogens is 1160 g/mol. The SMILES string of the molecule is c1ccc(-c2ccc(N3c4cc(-n5c6ccccc6c6ccccc65)ccc4B4c5ccc6c(c5N(c5ccc(-c7ccccc7)cc5)c5cc(-n7c8ccccc8c8ccccc87)cc3c54)c3ccccc3n6-c3c(-c4ccccc4)cccc3-c3ccccc3)cc2)cc1. The molecule has 0 N–H and O–H groups in total. The fourth-order valence-corrected chi connectivity index (χ4v) is 16.3. The van der Waals surface area contributed by atoms with Gasteiger partial charge >= 0.3 is 0 Å². The molecule has 2 aliphatic heterocycles. The van der Waals surface area contributed by atoms with E-state index < -0.39 is 0 Å². The fraction of sp³-hybridized carbons (Fsp3) is 0. The van der Waals surface area contributed by atoms with Crippen LogP contribution in [0.5, 0.6) is 0 Å². The summed E-state index contributed by atoms with van der Waals surface area (Å²) in [6.45, 7) is -0.220. The Kier molecular flexibility index (Phi) is 12.1. The monoisotopic (exact) mass is 1220 g/mol. The topological polar surface area (TPSA) is 21.3 Å². The molecule has 15 aromatic carbocycles. The molecule has 0 atom stereocenters. The molecule has 0 fully saturated rings. The van der Waals surface area contributed by atoms with Crippen molar-refractivity contribution >= 4 is 123 Å². The molecule has 0 unspecified atom stereocenters. The van der Waals surface area contributed by atoms with Crippen LogP contribution in [0.3, 0.4) is 0 Å². The molecule has 0 bridgehead atoms. The molecule has 0 saturated heterocycles. The molecule has 5 heterocycles. The number of fused-ring (bicyclic) bond motifs is 14. The molecule has 18 aromatic rings. The van der Waals surface area contributed by atoms with Crippen molar-refractivity contribution in [3.05, 3.63) is 352 Å². The van der Waals surface area contributed by atoms with Crippen LogP contribution in [0, 0.1) is 0 Å². The summed E-state index contributed by atoms with van der Waals surface area (Å²) >= 11 is 0. The minimum atomic E-state index is -0.220. The van der Waals surface area contributed by atoms with Gasteiger partial charge in [0.25, 0.3) is 6.71 Å². The number of para-hydroxylation sites is 6. The molecule has 0 aliphatic carbocycles. The molecule has 96 heavy (non-hydrogen) atoms. The minimum absolute atomic E-state index is 0.220. The van der Waals surface area contributed by atoms with E-state index in [0.29, 0.717) is 0 Å². The smallest absolute Gasteiger partial charge is 0.252 e. The average Bonchev–Trinajstić information content (AvgIpc) is 1.08. The molecule has 0 saturated carbocycles. The van der Waals surface area contributed by atoms with Crippen molar-refractivity contribution in [2.75, 3.05) is 9.80 Å².